The summed E-state index contributed by atoms with van der Waals surface area (Å²) in [6.45, 7) is 0. The molecule has 2 aromatic carbocycles. The number of hydrogen-bond acceptors (Lipinski definition) is 3. The molecule has 0 radical (unpaired) electrons. The summed E-state index contributed by atoms with van der Waals surface area (Å²) in [5, 5.41) is 3.21. The second-order valence-corrected chi connectivity index (χ2v) is 6.32. The van der Waals surface area contributed by atoms with Gasteiger partial charge in [-0.05, 0) is 24.3 Å². The van der Waals surface area contributed by atoms with Crippen LogP contribution in [0.2, 0.25) is 10.0 Å². The molecule has 4 nitrogen and oxygen atoms in total. The molecule has 0 spiro atoms. The van der Waals surface area contributed by atoms with Gasteiger partial charge in [0, 0.05) is 4.90 Å². The van der Waals surface area contributed by atoms with Gasteiger partial charge in [0.25, 0.3) is 0 Å². The number of benzene rings is 2. The predicted molar refractivity (Wildman–Crippen MR) is 90.1 cm³/mol. The molecule has 7 heteroatoms. The molecule has 1 N–H and O–H groups in total. The van der Waals surface area contributed by atoms with Crippen LogP contribution in [0.3, 0.4) is 0 Å². The smallest absolute Gasteiger partial charge is 0.306 e. The topological polar surface area (TPSA) is 49.4 Å². The minimum Gasteiger partial charge on any atom is -0.306 e. The molecule has 22 heavy (non-hydrogen) atoms. The number of thioether (sulfide) groups is 1. The van der Waals surface area contributed by atoms with E-state index in [1.54, 1.807) is 30.3 Å². The molecule has 0 atom stereocenters. The van der Waals surface area contributed by atoms with E-state index >= 15 is 0 Å². The van der Waals surface area contributed by atoms with Gasteiger partial charge in [0.15, 0.2) is 0 Å². The second-order valence-electron chi connectivity index (χ2n) is 4.52. The summed E-state index contributed by atoms with van der Waals surface area (Å²) in [5.74, 6) is -0.0624. The van der Waals surface area contributed by atoms with Gasteiger partial charge < -0.3 is 5.32 Å². The van der Waals surface area contributed by atoms with Gasteiger partial charge in [0.2, 0.25) is 5.91 Å². The Bertz CT molecular complexity index is 767. The van der Waals surface area contributed by atoms with Crippen molar-refractivity contribution in [2.75, 3.05) is 16.0 Å². The Labute approximate surface area is 141 Å². The lowest BCUT2D eigenvalue weighted by atomic mass is 10.2. The summed E-state index contributed by atoms with van der Waals surface area (Å²) in [4.78, 5) is 26.6. The summed E-state index contributed by atoms with van der Waals surface area (Å²) < 4.78 is 0. The van der Waals surface area contributed by atoms with Crippen molar-refractivity contribution in [3.63, 3.8) is 0 Å². The van der Waals surface area contributed by atoms with Crippen LogP contribution in [0.25, 0.3) is 0 Å². The number of rotatable bonds is 1. The lowest BCUT2D eigenvalue weighted by Crippen LogP contribution is -2.43. The van der Waals surface area contributed by atoms with Crippen molar-refractivity contribution < 1.29 is 9.59 Å². The summed E-state index contributed by atoms with van der Waals surface area (Å²) >= 11 is 13.4. The lowest BCUT2D eigenvalue weighted by Gasteiger charge is -2.27. The van der Waals surface area contributed by atoms with Crippen LogP contribution in [0, 0.1) is 0 Å². The average molecular weight is 353 g/mol. The van der Waals surface area contributed by atoms with E-state index in [1.807, 2.05) is 12.1 Å². The Morgan fingerprint density at radius 1 is 1.14 bits per heavy atom. The van der Waals surface area contributed by atoms with Crippen LogP contribution in [0.1, 0.15) is 0 Å². The fourth-order valence-electron chi connectivity index (χ4n) is 2.10. The van der Waals surface area contributed by atoms with Crippen molar-refractivity contribution in [3.8, 4) is 0 Å². The second kappa shape index (κ2) is 6.20. The Kier molecular flexibility index (Phi) is 4.29. The first kappa shape index (κ1) is 15.2. The summed E-state index contributed by atoms with van der Waals surface area (Å²) in [5.41, 5.74) is 0.932. The number of para-hydroxylation sites is 1. The molecular weight excluding hydrogens is 343 g/mol. The minimum atomic E-state index is -0.554. The zero-order valence-electron chi connectivity index (χ0n) is 11.2. The lowest BCUT2D eigenvalue weighted by molar-refractivity contribution is -0.115. The van der Waals surface area contributed by atoms with Gasteiger partial charge >= 0.3 is 6.03 Å². The quantitative estimate of drug-likeness (QED) is 0.811. The molecular formula is C15H10Cl2N2O2S. The first-order valence-electron chi connectivity index (χ1n) is 6.37. The maximum Gasteiger partial charge on any atom is 0.333 e. The molecule has 0 saturated heterocycles. The van der Waals surface area contributed by atoms with Crippen LogP contribution < -0.4 is 10.2 Å². The summed E-state index contributed by atoms with van der Waals surface area (Å²) in [6, 6.07) is 11.6. The van der Waals surface area contributed by atoms with Gasteiger partial charge in [0.05, 0.1) is 27.2 Å². The monoisotopic (exact) mass is 352 g/mol. The largest absolute Gasteiger partial charge is 0.333 e. The number of imide groups is 1. The van der Waals surface area contributed by atoms with Crippen LogP contribution in [-0.4, -0.2) is 17.7 Å². The van der Waals surface area contributed by atoms with Crippen molar-refractivity contribution in [1.29, 1.82) is 0 Å². The van der Waals surface area contributed by atoms with Gasteiger partial charge in [-0.3, -0.25) is 4.79 Å². The number of anilines is 2. The van der Waals surface area contributed by atoms with E-state index in [1.165, 1.54) is 11.8 Å². The number of carbonyl (C=O) groups is 2. The number of urea groups is 1. The highest BCUT2D eigenvalue weighted by Gasteiger charge is 2.30. The third-order valence-electron chi connectivity index (χ3n) is 3.10. The van der Waals surface area contributed by atoms with Gasteiger partial charge in [-0.2, -0.15) is 0 Å². The molecule has 0 bridgehead atoms. The normalized spacial score (nSPS) is 13.7. The third-order valence-corrected chi connectivity index (χ3v) is 4.97. The van der Waals surface area contributed by atoms with E-state index in [0.29, 0.717) is 16.4 Å². The van der Waals surface area contributed by atoms with E-state index in [-0.39, 0.29) is 16.7 Å². The van der Waals surface area contributed by atoms with Gasteiger partial charge in [-0.15, -0.1) is 11.8 Å². The molecule has 2 aromatic rings. The van der Waals surface area contributed by atoms with E-state index in [0.717, 1.165) is 9.80 Å². The fourth-order valence-corrected chi connectivity index (χ4v) is 3.33. The molecule has 0 saturated carbocycles. The molecule has 1 aliphatic rings. The van der Waals surface area contributed by atoms with Gasteiger partial charge in [0.1, 0.15) is 0 Å². The van der Waals surface area contributed by atoms with E-state index < -0.39 is 6.03 Å². The third kappa shape index (κ3) is 2.79. The number of nitrogens with zero attached hydrogens (tertiary/aromatic N) is 1. The average Bonchev–Trinajstić information content (AvgIpc) is 2.51. The molecule has 0 aliphatic carbocycles. The van der Waals surface area contributed by atoms with E-state index in [9.17, 15) is 9.59 Å². The maximum atomic E-state index is 12.5. The van der Waals surface area contributed by atoms with Crippen molar-refractivity contribution in [2.24, 2.45) is 0 Å². The van der Waals surface area contributed by atoms with Crippen LogP contribution in [0.15, 0.2) is 47.4 Å². The molecule has 112 valence electrons. The van der Waals surface area contributed by atoms with Gasteiger partial charge in [-0.25, -0.2) is 9.69 Å². The highest BCUT2D eigenvalue weighted by atomic mass is 35.5. The number of fused-ring (bicyclic) bond motifs is 1. The Morgan fingerprint density at radius 2 is 1.91 bits per heavy atom. The molecule has 0 aromatic heterocycles. The summed E-state index contributed by atoms with van der Waals surface area (Å²) in [7, 11) is 0. The fraction of sp³-hybridized carbons (Fsp3) is 0.0667. The standard InChI is InChI=1S/C15H10Cl2N2O2S/c16-9-4-3-5-10(14(9)17)18-15(21)19-11-6-1-2-7-12(11)22-8-13(19)20/h1-7H,8H2,(H,18,21). The van der Waals surface area contributed by atoms with Gasteiger partial charge in [-0.1, -0.05) is 41.4 Å². The first-order valence-corrected chi connectivity index (χ1v) is 8.12. The SMILES string of the molecule is O=C1CSc2ccccc2N1C(=O)Nc1cccc(Cl)c1Cl. The number of carbonyl (C=O) groups excluding carboxylic acids is 2. The van der Waals surface area contributed by atoms with Crippen LogP contribution in [0.4, 0.5) is 16.2 Å². The predicted octanol–water partition coefficient (Wildman–Crippen LogP) is 4.66. The minimum absolute atomic E-state index is 0.216. The van der Waals surface area contributed by atoms with Crippen LogP contribution >= 0.6 is 35.0 Å². The van der Waals surface area contributed by atoms with Crippen molar-refractivity contribution in [3.05, 3.63) is 52.5 Å². The molecule has 1 heterocycles. The van der Waals surface area contributed by atoms with Crippen molar-refractivity contribution in [2.45, 2.75) is 4.90 Å². The highest BCUT2D eigenvalue weighted by molar-refractivity contribution is 8.00. The first-order chi connectivity index (χ1) is 10.6. The maximum absolute atomic E-state index is 12.5. The number of hydrogen-bond donors (Lipinski definition) is 1. The number of halogens is 2. The zero-order valence-corrected chi connectivity index (χ0v) is 13.5. The van der Waals surface area contributed by atoms with Crippen molar-refractivity contribution >= 4 is 58.3 Å². The zero-order chi connectivity index (χ0) is 15.7. The molecule has 0 unspecified atom stereocenters. The Hall–Kier alpha value is -1.69. The van der Waals surface area contributed by atoms with E-state index in [2.05, 4.69) is 5.32 Å². The van der Waals surface area contributed by atoms with E-state index in [4.69, 9.17) is 23.2 Å². The molecule has 1 aliphatic heterocycles. The molecule has 0 fully saturated rings. The number of nitrogens with one attached hydrogen (secondary N) is 1. The molecule has 3 amide bonds. The summed E-state index contributed by atoms with van der Waals surface area (Å²) in [6.07, 6.45) is 0. The van der Waals surface area contributed by atoms with Crippen LogP contribution in [-0.2, 0) is 4.79 Å². The molecule has 3 rings (SSSR count). The van der Waals surface area contributed by atoms with Crippen molar-refractivity contribution in [1.82, 2.24) is 0 Å². The Balaban J connectivity index is 1.92. The van der Waals surface area contributed by atoms with Crippen LogP contribution in [0.5, 0.6) is 0 Å². The highest BCUT2D eigenvalue weighted by Crippen LogP contribution is 2.36. The Morgan fingerprint density at radius 3 is 2.73 bits per heavy atom. The number of amides is 3.